The van der Waals surface area contributed by atoms with E-state index in [0.717, 1.165) is 6.92 Å². The molecule has 0 spiro atoms. The van der Waals surface area contributed by atoms with Crippen molar-refractivity contribution in [1.29, 1.82) is 0 Å². The first-order chi connectivity index (χ1) is 16.6. The van der Waals surface area contributed by atoms with Gasteiger partial charge in [0.2, 0.25) is 12.2 Å². The van der Waals surface area contributed by atoms with Crippen LogP contribution in [0.25, 0.3) is 10.9 Å². The molecule has 0 bridgehead atoms. The molecule has 0 aliphatic carbocycles. The number of benzene rings is 1. The summed E-state index contributed by atoms with van der Waals surface area (Å²) >= 11 is 6.27. The van der Waals surface area contributed by atoms with Crippen molar-refractivity contribution in [3.05, 3.63) is 35.5 Å². The Hall–Kier alpha value is -3.44. The van der Waals surface area contributed by atoms with Crippen molar-refractivity contribution >= 4 is 46.3 Å². The van der Waals surface area contributed by atoms with Gasteiger partial charge in [-0.2, -0.15) is 0 Å². The molecule has 35 heavy (non-hydrogen) atoms. The molecule has 0 unspecified atom stereocenters. The van der Waals surface area contributed by atoms with Crippen molar-refractivity contribution in [3.8, 4) is 5.75 Å². The van der Waals surface area contributed by atoms with E-state index in [2.05, 4.69) is 10.3 Å². The Labute approximate surface area is 206 Å². The van der Waals surface area contributed by atoms with Crippen molar-refractivity contribution < 1.29 is 42.9 Å². The number of halogens is 1. The molecule has 2 aromatic rings. The highest BCUT2D eigenvalue weighted by molar-refractivity contribution is 6.35. The lowest BCUT2D eigenvalue weighted by molar-refractivity contribution is -0.257. The summed E-state index contributed by atoms with van der Waals surface area (Å²) in [6, 6.07) is 5.55. The second kappa shape index (κ2) is 11.3. The summed E-state index contributed by atoms with van der Waals surface area (Å²) in [7, 11) is 0. The van der Waals surface area contributed by atoms with Gasteiger partial charge in [0.05, 0.1) is 5.02 Å². The van der Waals surface area contributed by atoms with Gasteiger partial charge in [0, 0.05) is 39.3 Å². The van der Waals surface area contributed by atoms with Crippen LogP contribution >= 0.6 is 11.6 Å². The summed E-state index contributed by atoms with van der Waals surface area (Å²) in [5.41, 5.74) is 0.424. The van der Waals surface area contributed by atoms with Crippen molar-refractivity contribution in [2.75, 3.05) is 6.61 Å². The minimum atomic E-state index is -1.26. The molecule has 1 saturated heterocycles. The maximum Gasteiger partial charge on any atom is 0.303 e. The van der Waals surface area contributed by atoms with Crippen molar-refractivity contribution in [2.24, 2.45) is 0 Å². The number of hydrogen-bond donors (Lipinski definition) is 1. The summed E-state index contributed by atoms with van der Waals surface area (Å²) in [4.78, 5) is 51.6. The van der Waals surface area contributed by atoms with Gasteiger partial charge in [-0.1, -0.05) is 11.6 Å². The summed E-state index contributed by atoms with van der Waals surface area (Å²) in [6.45, 7) is 4.45. The number of nitrogens with one attached hydrogen (secondary N) is 1. The molecule has 1 aromatic heterocycles. The Morgan fingerprint density at radius 1 is 1.00 bits per heavy atom. The minimum Gasteiger partial charge on any atom is -0.463 e. The number of esters is 3. The lowest BCUT2D eigenvalue weighted by atomic mass is 9.96. The number of carbonyl (C=O) groups excluding carboxylic acids is 4. The Morgan fingerprint density at radius 3 is 2.31 bits per heavy atom. The molecule has 1 fully saturated rings. The van der Waals surface area contributed by atoms with Crippen molar-refractivity contribution in [2.45, 2.75) is 58.3 Å². The zero-order chi connectivity index (χ0) is 25.7. The Morgan fingerprint density at radius 2 is 1.69 bits per heavy atom. The fraction of sp³-hybridized carbons (Fsp3) is 0.435. The maximum absolute atomic E-state index is 12.1. The average Bonchev–Trinajstić information content (AvgIpc) is 2.77. The number of fused-ring (bicyclic) bond motifs is 1. The fourth-order valence-corrected chi connectivity index (χ4v) is 3.94. The lowest BCUT2D eigenvalue weighted by Gasteiger charge is -2.44. The van der Waals surface area contributed by atoms with E-state index in [4.69, 9.17) is 35.3 Å². The van der Waals surface area contributed by atoms with E-state index in [-0.39, 0.29) is 12.4 Å². The average molecular weight is 509 g/mol. The third-order valence-electron chi connectivity index (χ3n) is 4.99. The smallest absolute Gasteiger partial charge is 0.303 e. The van der Waals surface area contributed by atoms with Crippen LogP contribution in [0.15, 0.2) is 30.5 Å². The van der Waals surface area contributed by atoms with Crippen LogP contribution in [0.1, 0.15) is 27.7 Å². The topological polar surface area (TPSA) is 139 Å². The van der Waals surface area contributed by atoms with Crippen LogP contribution in [0.2, 0.25) is 5.02 Å². The Kier molecular flexibility index (Phi) is 8.47. The molecule has 1 N–H and O–H groups in total. The van der Waals surface area contributed by atoms with Gasteiger partial charge < -0.3 is 29.0 Å². The van der Waals surface area contributed by atoms with Gasteiger partial charge in [0.1, 0.15) is 30.0 Å². The van der Waals surface area contributed by atoms with Crippen LogP contribution in [0.4, 0.5) is 0 Å². The third kappa shape index (κ3) is 6.58. The SMILES string of the molecule is CC(=O)N[C@H]1[C@H](Oc2ccc(Cl)c3cccnc23)O[C@H](COC(C)=O)[C@@H](OC(C)=O)[C@@H]1OC(C)=O. The maximum atomic E-state index is 12.1. The van der Waals surface area contributed by atoms with Crippen LogP contribution < -0.4 is 10.1 Å². The summed E-state index contributed by atoms with van der Waals surface area (Å²) < 4.78 is 28.0. The summed E-state index contributed by atoms with van der Waals surface area (Å²) in [5.74, 6) is -2.22. The van der Waals surface area contributed by atoms with Gasteiger partial charge in [-0.25, -0.2) is 0 Å². The zero-order valence-corrected chi connectivity index (χ0v) is 20.2. The van der Waals surface area contributed by atoms with Crippen LogP contribution in [0.3, 0.4) is 0 Å². The van der Waals surface area contributed by atoms with E-state index < -0.39 is 54.5 Å². The van der Waals surface area contributed by atoms with Crippen molar-refractivity contribution in [3.63, 3.8) is 0 Å². The van der Waals surface area contributed by atoms with Gasteiger partial charge in [0.15, 0.2) is 12.2 Å². The number of rotatable bonds is 7. The van der Waals surface area contributed by atoms with Gasteiger partial charge in [-0.3, -0.25) is 24.2 Å². The summed E-state index contributed by atoms with van der Waals surface area (Å²) in [5, 5.41) is 3.71. The van der Waals surface area contributed by atoms with E-state index in [0.29, 0.717) is 15.9 Å². The molecule has 11 nitrogen and oxygen atoms in total. The number of ether oxygens (including phenoxy) is 5. The molecule has 12 heteroatoms. The number of amides is 1. The predicted octanol–water partition coefficient (Wildman–Crippen LogP) is 1.92. The molecule has 1 aliphatic rings. The van der Waals surface area contributed by atoms with E-state index >= 15 is 0 Å². The van der Waals surface area contributed by atoms with Gasteiger partial charge >= 0.3 is 17.9 Å². The van der Waals surface area contributed by atoms with Crippen LogP contribution in [-0.4, -0.2) is 66.0 Å². The van der Waals surface area contributed by atoms with E-state index in [1.165, 1.54) is 20.8 Å². The molecule has 1 aliphatic heterocycles. The minimum absolute atomic E-state index is 0.268. The first kappa shape index (κ1) is 26.2. The first-order valence-corrected chi connectivity index (χ1v) is 11.0. The van der Waals surface area contributed by atoms with Gasteiger partial charge in [-0.05, 0) is 24.3 Å². The molecule has 1 aromatic carbocycles. The molecule has 0 saturated carbocycles. The normalized spacial score (nSPS) is 23.7. The van der Waals surface area contributed by atoms with Crippen LogP contribution in [0, 0.1) is 0 Å². The molecule has 1 amide bonds. The second-order valence-electron chi connectivity index (χ2n) is 7.78. The number of pyridine rings is 1. The van der Waals surface area contributed by atoms with Crippen molar-refractivity contribution in [1.82, 2.24) is 10.3 Å². The molecule has 0 radical (unpaired) electrons. The third-order valence-corrected chi connectivity index (χ3v) is 5.32. The first-order valence-electron chi connectivity index (χ1n) is 10.7. The second-order valence-corrected chi connectivity index (χ2v) is 8.19. The molecule has 188 valence electrons. The highest BCUT2D eigenvalue weighted by Gasteiger charge is 2.52. The largest absolute Gasteiger partial charge is 0.463 e. The monoisotopic (exact) mass is 508 g/mol. The number of carbonyl (C=O) groups is 4. The lowest BCUT2D eigenvalue weighted by Crippen LogP contribution is -2.67. The predicted molar refractivity (Wildman–Crippen MR) is 121 cm³/mol. The zero-order valence-electron chi connectivity index (χ0n) is 19.5. The molecule has 5 atom stereocenters. The Bertz CT molecular complexity index is 1130. The quantitative estimate of drug-likeness (QED) is 0.435. The number of hydrogen-bond acceptors (Lipinski definition) is 10. The van der Waals surface area contributed by atoms with Crippen LogP contribution in [-0.2, 0) is 38.1 Å². The summed E-state index contributed by atoms with van der Waals surface area (Å²) in [6.07, 6.45) is -3.24. The highest BCUT2D eigenvalue weighted by atomic mass is 35.5. The van der Waals surface area contributed by atoms with Gasteiger partial charge in [0.25, 0.3) is 0 Å². The molecule has 3 rings (SSSR count). The molecular weight excluding hydrogens is 484 g/mol. The standard InChI is InChI=1S/C23H25ClN2O9/c1-11(27)26-20-22(33-14(4)30)21(32-13(3)29)18(10-31-12(2)28)35-23(20)34-17-8-7-16(24)15-6-5-9-25-19(15)17/h5-9,18,20-23H,10H2,1-4H3,(H,26,27)/t18-,20-,21-,22-,23-/m1/s1. The highest BCUT2D eigenvalue weighted by Crippen LogP contribution is 2.33. The number of nitrogens with zero attached hydrogens (tertiary/aromatic N) is 1. The Balaban J connectivity index is 2.05. The van der Waals surface area contributed by atoms with E-state index in [9.17, 15) is 19.2 Å². The van der Waals surface area contributed by atoms with Crippen LogP contribution in [0.5, 0.6) is 5.75 Å². The van der Waals surface area contributed by atoms with Gasteiger partial charge in [-0.15, -0.1) is 0 Å². The van der Waals surface area contributed by atoms with E-state index in [1.54, 1.807) is 30.5 Å². The van der Waals surface area contributed by atoms with E-state index in [1.807, 2.05) is 0 Å². The molecule has 2 heterocycles. The fourth-order valence-electron chi connectivity index (χ4n) is 3.72. The number of aromatic nitrogens is 1. The molecular formula is C23H25ClN2O9.